The SMILES string of the molecule is O=C(Cn1cc(C(F)(F)F)cc(Cl)c1=O)N1CCC(c2nc(C3=NOC(c4c(F)cccc4F)C3)cs2)CC1. The summed E-state index contributed by atoms with van der Waals surface area (Å²) in [5, 5.41) is 5.97. The van der Waals surface area contributed by atoms with Crippen molar-refractivity contribution >= 4 is 34.6 Å². The Morgan fingerprint density at radius 2 is 1.87 bits per heavy atom. The van der Waals surface area contributed by atoms with E-state index in [4.69, 9.17) is 16.4 Å². The molecule has 2 aliphatic heterocycles. The molecular weight excluding hydrogens is 567 g/mol. The average Bonchev–Trinajstić information content (AvgIpc) is 3.56. The van der Waals surface area contributed by atoms with Crippen LogP contribution in [-0.4, -0.2) is 39.2 Å². The Kier molecular flexibility index (Phi) is 7.47. The maximum atomic E-state index is 14.1. The second kappa shape index (κ2) is 10.7. The normalized spacial score (nSPS) is 18.3. The topological polar surface area (TPSA) is 76.8 Å². The average molecular weight is 587 g/mol. The first-order valence-corrected chi connectivity index (χ1v) is 13.1. The van der Waals surface area contributed by atoms with Crippen LogP contribution in [0.5, 0.6) is 0 Å². The van der Waals surface area contributed by atoms with E-state index in [2.05, 4.69) is 10.1 Å². The Labute approximate surface area is 227 Å². The maximum Gasteiger partial charge on any atom is 0.417 e. The number of carbonyl (C=O) groups excluding carboxylic acids is 1. The summed E-state index contributed by atoms with van der Waals surface area (Å²) in [6.45, 7) is 0.106. The molecule has 1 aromatic carbocycles. The number of thiazole rings is 1. The summed E-state index contributed by atoms with van der Waals surface area (Å²) in [5.41, 5.74) is -1.14. The van der Waals surface area contributed by atoms with Gasteiger partial charge >= 0.3 is 6.18 Å². The van der Waals surface area contributed by atoms with Crippen molar-refractivity contribution in [1.29, 1.82) is 0 Å². The fraction of sp³-hybridized carbons (Fsp3) is 0.360. The summed E-state index contributed by atoms with van der Waals surface area (Å²) in [7, 11) is 0. The highest BCUT2D eigenvalue weighted by Gasteiger charge is 2.34. The lowest BCUT2D eigenvalue weighted by molar-refractivity contribution is -0.139. The van der Waals surface area contributed by atoms with Gasteiger partial charge in [0.05, 0.1) is 21.8 Å². The van der Waals surface area contributed by atoms with Crippen molar-refractivity contribution in [3.05, 3.63) is 84.7 Å². The van der Waals surface area contributed by atoms with Crippen molar-refractivity contribution in [3.63, 3.8) is 0 Å². The Balaban J connectivity index is 1.19. The monoisotopic (exact) mass is 586 g/mol. The van der Waals surface area contributed by atoms with Crippen molar-refractivity contribution in [2.75, 3.05) is 13.1 Å². The van der Waals surface area contributed by atoms with Crippen LogP contribution in [0.3, 0.4) is 0 Å². The van der Waals surface area contributed by atoms with Crippen LogP contribution in [0.4, 0.5) is 22.0 Å². The lowest BCUT2D eigenvalue weighted by atomic mass is 9.97. The molecule has 0 bridgehead atoms. The van der Waals surface area contributed by atoms with Gasteiger partial charge < -0.3 is 14.3 Å². The number of piperidine rings is 1. The standard InChI is InChI=1S/C25H20ClF5N4O3S/c26-15-8-14(25(29,30)31)10-35(24(15)37)11-21(36)34-6-4-13(5-7-34)23-32-19(12-39-23)18-9-20(38-33-18)22-16(27)2-1-3-17(22)28/h1-3,8,10,12-13,20H,4-7,9,11H2. The van der Waals surface area contributed by atoms with Crippen molar-refractivity contribution < 1.29 is 31.6 Å². The molecule has 0 saturated carbocycles. The minimum atomic E-state index is -4.71. The maximum absolute atomic E-state index is 14.1. The largest absolute Gasteiger partial charge is 0.417 e. The summed E-state index contributed by atoms with van der Waals surface area (Å²) in [6, 6.07) is 4.13. The van der Waals surface area contributed by atoms with Gasteiger partial charge in [0.25, 0.3) is 5.56 Å². The van der Waals surface area contributed by atoms with Gasteiger partial charge in [-0.3, -0.25) is 9.59 Å². The molecule has 0 aliphatic carbocycles. The number of rotatable bonds is 5. The lowest BCUT2D eigenvalue weighted by Gasteiger charge is -2.31. The van der Waals surface area contributed by atoms with E-state index in [0.717, 1.165) is 17.1 Å². The number of aromatic nitrogens is 2. The van der Waals surface area contributed by atoms with E-state index in [1.54, 1.807) is 5.38 Å². The highest BCUT2D eigenvalue weighted by atomic mass is 35.5. The van der Waals surface area contributed by atoms with Gasteiger partial charge in [0, 0.05) is 37.0 Å². The molecule has 39 heavy (non-hydrogen) atoms. The van der Waals surface area contributed by atoms with E-state index in [1.807, 2.05) is 0 Å². The zero-order valence-electron chi connectivity index (χ0n) is 20.1. The Hall–Kier alpha value is -3.32. The van der Waals surface area contributed by atoms with Crippen LogP contribution in [-0.2, 0) is 22.4 Å². The molecule has 1 atom stereocenters. The van der Waals surface area contributed by atoms with Crippen LogP contribution >= 0.6 is 22.9 Å². The van der Waals surface area contributed by atoms with Crippen molar-refractivity contribution in [3.8, 4) is 0 Å². The third-order valence-corrected chi connectivity index (χ3v) is 7.96. The predicted octanol–water partition coefficient (Wildman–Crippen LogP) is 5.53. The van der Waals surface area contributed by atoms with Gasteiger partial charge in [0.2, 0.25) is 5.91 Å². The Morgan fingerprint density at radius 3 is 2.54 bits per heavy atom. The summed E-state index contributed by atoms with van der Waals surface area (Å²) < 4.78 is 68.2. The zero-order valence-corrected chi connectivity index (χ0v) is 21.6. The molecule has 1 saturated heterocycles. The van der Waals surface area contributed by atoms with E-state index < -0.39 is 52.5 Å². The molecule has 4 heterocycles. The van der Waals surface area contributed by atoms with Gasteiger partial charge in [0.1, 0.15) is 28.9 Å². The number of hydrogen-bond donors (Lipinski definition) is 0. The highest BCUT2D eigenvalue weighted by Crippen LogP contribution is 2.35. The molecular formula is C25H20ClF5N4O3S. The lowest BCUT2D eigenvalue weighted by Crippen LogP contribution is -2.41. The number of hydrogen-bond acceptors (Lipinski definition) is 6. The minimum Gasteiger partial charge on any atom is -0.387 e. The first kappa shape index (κ1) is 27.3. The van der Waals surface area contributed by atoms with Gasteiger partial charge in [-0.1, -0.05) is 22.8 Å². The second-order valence-electron chi connectivity index (χ2n) is 9.21. The smallest absolute Gasteiger partial charge is 0.387 e. The fourth-order valence-electron chi connectivity index (χ4n) is 4.60. The first-order chi connectivity index (χ1) is 18.5. The number of amides is 1. The summed E-state index contributed by atoms with van der Waals surface area (Å²) >= 11 is 7.07. The third-order valence-electron chi connectivity index (χ3n) is 6.68. The van der Waals surface area contributed by atoms with Gasteiger partial charge in [-0.2, -0.15) is 13.2 Å². The van der Waals surface area contributed by atoms with E-state index in [0.29, 0.717) is 54.2 Å². The molecule has 5 rings (SSSR count). The van der Waals surface area contributed by atoms with E-state index in [1.165, 1.54) is 22.3 Å². The van der Waals surface area contributed by atoms with Gasteiger partial charge in [-0.05, 0) is 31.0 Å². The first-order valence-electron chi connectivity index (χ1n) is 11.9. The second-order valence-corrected chi connectivity index (χ2v) is 10.5. The molecule has 7 nitrogen and oxygen atoms in total. The molecule has 3 aromatic rings. The number of likely N-dealkylation sites (tertiary alicyclic amines) is 1. The van der Waals surface area contributed by atoms with Crippen LogP contribution in [0, 0.1) is 11.6 Å². The molecule has 1 amide bonds. The Morgan fingerprint density at radius 1 is 1.18 bits per heavy atom. The number of alkyl halides is 3. The minimum absolute atomic E-state index is 0.0289. The summed E-state index contributed by atoms with van der Waals surface area (Å²) in [6.07, 6.45) is -3.73. The zero-order chi connectivity index (χ0) is 27.9. The molecule has 2 aromatic heterocycles. The number of pyridine rings is 1. The number of halogens is 6. The molecule has 14 heteroatoms. The predicted molar refractivity (Wildman–Crippen MR) is 133 cm³/mol. The van der Waals surface area contributed by atoms with Crippen LogP contribution in [0.2, 0.25) is 5.02 Å². The van der Waals surface area contributed by atoms with Crippen LogP contribution < -0.4 is 5.56 Å². The molecule has 2 aliphatic rings. The molecule has 1 unspecified atom stereocenters. The fourth-order valence-corrected chi connectivity index (χ4v) is 5.83. The molecule has 1 fully saturated rings. The van der Waals surface area contributed by atoms with Crippen molar-refractivity contribution in [1.82, 2.24) is 14.5 Å². The van der Waals surface area contributed by atoms with Gasteiger partial charge in [-0.15, -0.1) is 11.3 Å². The van der Waals surface area contributed by atoms with Crippen LogP contribution in [0.1, 0.15) is 53.1 Å². The number of nitrogens with zero attached hydrogens (tertiary/aromatic N) is 4. The van der Waals surface area contributed by atoms with E-state index in [9.17, 15) is 31.5 Å². The van der Waals surface area contributed by atoms with Gasteiger partial charge in [0.15, 0.2) is 6.10 Å². The molecule has 0 spiro atoms. The number of oxime groups is 1. The number of carbonyl (C=O) groups is 1. The summed E-state index contributed by atoms with van der Waals surface area (Å²) in [5.74, 6) is -1.88. The summed E-state index contributed by atoms with van der Waals surface area (Å²) in [4.78, 5) is 36.3. The Bertz CT molecular complexity index is 1480. The highest BCUT2D eigenvalue weighted by molar-refractivity contribution is 7.10. The molecule has 206 valence electrons. The van der Waals surface area contributed by atoms with E-state index >= 15 is 0 Å². The van der Waals surface area contributed by atoms with E-state index in [-0.39, 0.29) is 17.9 Å². The molecule has 0 N–H and O–H groups in total. The van der Waals surface area contributed by atoms with Crippen LogP contribution in [0.25, 0.3) is 0 Å². The molecule has 0 radical (unpaired) electrons. The quantitative estimate of drug-likeness (QED) is 0.369. The van der Waals surface area contributed by atoms with Crippen molar-refractivity contribution in [2.45, 2.75) is 44.0 Å². The van der Waals surface area contributed by atoms with Crippen LogP contribution in [0.15, 0.2) is 45.8 Å². The number of benzene rings is 1. The van der Waals surface area contributed by atoms with Crippen molar-refractivity contribution in [2.24, 2.45) is 5.16 Å². The third kappa shape index (κ3) is 5.69. The van der Waals surface area contributed by atoms with Gasteiger partial charge in [-0.25, -0.2) is 13.8 Å².